The highest BCUT2D eigenvalue weighted by atomic mass is 32.2. The van der Waals surface area contributed by atoms with Gasteiger partial charge in [0.15, 0.2) is 0 Å². The van der Waals surface area contributed by atoms with Crippen molar-refractivity contribution in [3.05, 3.63) is 24.3 Å². The highest BCUT2D eigenvalue weighted by Gasteiger charge is 2.13. The molecule has 7 heteroatoms. The Hall–Kier alpha value is -1.76. The maximum Gasteiger partial charge on any atom is 0.409 e. The molecular formula is C9H11NO5S. The molecule has 88 valence electrons. The van der Waals surface area contributed by atoms with Gasteiger partial charge in [-0.15, -0.1) is 0 Å². The van der Waals surface area contributed by atoms with Gasteiger partial charge in [0, 0.05) is 6.92 Å². The summed E-state index contributed by atoms with van der Waals surface area (Å²) in [4.78, 5) is 10.5. The van der Waals surface area contributed by atoms with Crippen LogP contribution in [0.3, 0.4) is 0 Å². The van der Waals surface area contributed by atoms with Gasteiger partial charge in [0.2, 0.25) is 0 Å². The summed E-state index contributed by atoms with van der Waals surface area (Å²) in [5.74, 6) is -0.309. The largest absolute Gasteiger partial charge is 0.497 e. The first-order valence-corrected chi connectivity index (χ1v) is 5.70. The van der Waals surface area contributed by atoms with Gasteiger partial charge in [0.05, 0.1) is 12.8 Å². The van der Waals surface area contributed by atoms with E-state index < -0.39 is 16.3 Å². The van der Waals surface area contributed by atoms with Gasteiger partial charge in [-0.2, -0.15) is 8.42 Å². The Kier molecular flexibility index (Phi) is 3.73. The smallest absolute Gasteiger partial charge is 0.409 e. The van der Waals surface area contributed by atoms with Crippen molar-refractivity contribution in [1.29, 1.82) is 0 Å². The summed E-state index contributed by atoms with van der Waals surface area (Å²) in [5, 5.41) is 0. The quantitative estimate of drug-likeness (QED) is 0.852. The lowest BCUT2D eigenvalue weighted by molar-refractivity contribution is -0.131. The number of nitrogens with one attached hydrogen (secondary N) is 1. The monoisotopic (exact) mass is 245 g/mol. The van der Waals surface area contributed by atoms with Gasteiger partial charge in [-0.3, -0.25) is 9.52 Å². The normalized spacial score (nSPS) is 10.6. The van der Waals surface area contributed by atoms with E-state index in [1.807, 2.05) is 0 Å². The molecule has 1 aromatic rings. The zero-order valence-electron chi connectivity index (χ0n) is 8.76. The second kappa shape index (κ2) is 4.84. The van der Waals surface area contributed by atoms with Gasteiger partial charge in [-0.25, -0.2) is 0 Å². The Balaban J connectivity index is 2.76. The topological polar surface area (TPSA) is 81.7 Å². The molecule has 0 atom stereocenters. The Bertz CT molecular complexity index is 465. The van der Waals surface area contributed by atoms with Crippen molar-refractivity contribution in [3.63, 3.8) is 0 Å². The summed E-state index contributed by atoms with van der Waals surface area (Å²) in [7, 11) is -2.60. The minimum atomic E-state index is -4.09. The first-order valence-electron chi connectivity index (χ1n) is 4.30. The van der Waals surface area contributed by atoms with E-state index >= 15 is 0 Å². The fraction of sp³-hybridized carbons (Fsp3) is 0.222. The van der Waals surface area contributed by atoms with Crippen LogP contribution in [0.5, 0.6) is 5.75 Å². The molecule has 0 saturated heterocycles. The van der Waals surface area contributed by atoms with Crippen LogP contribution in [0.1, 0.15) is 6.92 Å². The molecule has 0 fully saturated rings. The second-order valence-electron chi connectivity index (χ2n) is 2.86. The number of carbonyl (C=O) groups is 1. The molecule has 0 saturated carbocycles. The zero-order chi connectivity index (χ0) is 12.2. The minimum Gasteiger partial charge on any atom is -0.497 e. The maximum atomic E-state index is 11.2. The summed E-state index contributed by atoms with van der Waals surface area (Å²) < 4.78 is 33.4. The molecule has 1 N–H and O–H groups in total. The van der Waals surface area contributed by atoms with Crippen LogP contribution in [0, 0.1) is 0 Å². The average molecular weight is 245 g/mol. The summed E-state index contributed by atoms with van der Waals surface area (Å²) >= 11 is 0. The minimum absolute atomic E-state index is 0.280. The van der Waals surface area contributed by atoms with Crippen molar-refractivity contribution < 1.29 is 22.1 Å². The van der Waals surface area contributed by atoms with E-state index in [-0.39, 0.29) is 5.69 Å². The number of ether oxygens (including phenoxy) is 1. The van der Waals surface area contributed by atoms with Crippen LogP contribution in [-0.2, 0) is 19.3 Å². The van der Waals surface area contributed by atoms with E-state index in [9.17, 15) is 13.2 Å². The zero-order valence-corrected chi connectivity index (χ0v) is 9.58. The molecule has 0 spiro atoms. The number of carbonyl (C=O) groups excluding carboxylic acids is 1. The van der Waals surface area contributed by atoms with Crippen LogP contribution in [0.2, 0.25) is 0 Å². The molecule has 0 aliphatic rings. The third-order valence-electron chi connectivity index (χ3n) is 1.56. The molecule has 0 heterocycles. The molecule has 0 bridgehead atoms. The number of benzene rings is 1. The van der Waals surface area contributed by atoms with Gasteiger partial charge in [-0.1, -0.05) is 0 Å². The van der Waals surface area contributed by atoms with E-state index in [1.54, 1.807) is 12.1 Å². The van der Waals surface area contributed by atoms with Gasteiger partial charge >= 0.3 is 16.3 Å². The molecule has 16 heavy (non-hydrogen) atoms. The molecule has 0 amide bonds. The number of anilines is 1. The third-order valence-corrected chi connectivity index (χ3v) is 2.50. The van der Waals surface area contributed by atoms with Crippen molar-refractivity contribution in [2.75, 3.05) is 11.8 Å². The van der Waals surface area contributed by atoms with Crippen LogP contribution in [0.4, 0.5) is 5.69 Å². The summed E-state index contributed by atoms with van der Waals surface area (Å²) in [6.07, 6.45) is 0. The van der Waals surface area contributed by atoms with E-state index in [1.165, 1.54) is 19.2 Å². The predicted molar refractivity (Wildman–Crippen MR) is 57.3 cm³/mol. The van der Waals surface area contributed by atoms with Crippen molar-refractivity contribution >= 4 is 22.0 Å². The highest BCUT2D eigenvalue weighted by molar-refractivity contribution is 7.88. The average Bonchev–Trinajstić information content (AvgIpc) is 2.16. The van der Waals surface area contributed by atoms with Crippen LogP contribution < -0.4 is 9.46 Å². The molecule has 0 aromatic heterocycles. The third kappa shape index (κ3) is 3.77. The van der Waals surface area contributed by atoms with E-state index in [2.05, 4.69) is 8.91 Å². The molecule has 0 aliphatic carbocycles. The summed E-state index contributed by atoms with van der Waals surface area (Å²) in [6, 6.07) is 6.12. The van der Waals surface area contributed by atoms with Crippen molar-refractivity contribution in [2.45, 2.75) is 6.92 Å². The molecule has 6 nitrogen and oxygen atoms in total. The van der Waals surface area contributed by atoms with Gasteiger partial charge < -0.3 is 8.92 Å². The molecule has 1 rings (SSSR count). The van der Waals surface area contributed by atoms with Crippen LogP contribution in [0.25, 0.3) is 0 Å². The van der Waals surface area contributed by atoms with Gasteiger partial charge in [-0.05, 0) is 24.3 Å². The first-order chi connectivity index (χ1) is 7.43. The molecule has 0 aliphatic heterocycles. The summed E-state index contributed by atoms with van der Waals surface area (Å²) in [5.41, 5.74) is 0.280. The fourth-order valence-corrected chi connectivity index (χ4v) is 1.75. The lowest BCUT2D eigenvalue weighted by Crippen LogP contribution is -2.18. The van der Waals surface area contributed by atoms with E-state index in [0.29, 0.717) is 5.75 Å². The number of methoxy groups -OCH3 is 1. The molecule has 0 radical (unpaired) electrons. The first kappa shape index (κ1) is 12.3. The van der Waals surface area contributed by atoms with Crippen molar-refractivity contribution in [3.8, 4) is 5.75 Å². The van der Waals surface area contributed by atoms with Crippen molar-refractivity contribution in [2.24, 2.45) is 0 Å². The maximum absolute atomic E-state index is 11.2. The Morgan fingerprint density at radius 1 is 1.25 bits per heavy atom. The number of rotatable bonds is 4. The van der Waals surface area contributed by atoms with E-state index in [4.69, 9.17) is 4.74 Å². The molecule has 1 aromatic carbocycles. The lowest BCUT2D eigenvalue weighted by atomic mass is 10.3. The van der Waals surface area contributed by atoms with Crippen molar-refractivity contribution in [1.82, 2.24) is 0 Å². The molecular weight excluding hydrogens is 234 g/mol. The number of hydrogen-bond acceptors (Lipinski definition) is 5. The highest BCUT2D eigenvalue weighted by Crippen LogP contribution is 2.16. The van der Waals surface area contributed by atoms with Crippen LogP contribution in [-0.4, -0.2) is 21.5 Å². The standard InChI is InChI=1S/C9H11NO5S/c1-7(11)15-16(12,13)10-8-3-5-9(14-2)6-4-8/h3-6,10H,1-2H3. The van der Waals surface area contributed by atoms with Gasteiger partial charge in [0.1, 0.15) is 5.75 Å². The summed E-state index contributed by atoms with van der Waals surface area (Å²) in [6.45, 7) is 1.01. The Labute approximate surface area is 93.4 Å². The fourth-order valence-electron chi connectivity index (χ4n) is 0.979. The molecule has 0 unspecified atom stereocenters. The second-order valence-corrected chi connectivity index (χ2v) is 4.14. The Morgan fingerprint density at radius 2 is 1.81 bits per heavy atom. The number of hydrogen-bond donors (Lipinski definition) is 1. The predicted octanol–water partition coefficient (Wildman–Crippen LogP) is 0.915. The van der Waals surface area contributed by atoms with Crippen LogP contribution in [0.15, 0.2) is 24.3 Å². The van der Waals surface area contributed by atoms with Crippen LogP contribution >= 0.6 is 0 Å². The lowest BCUT2D eigenvalue weighted by Gasteiger charge is -2.07. The van der Waals surface area contributed by atoms with E-state index in [0.717, 1.165) is 6.92 Å². The SMILES string of the molecule is COc1ccc(NS(=O)(=O)OC(C)=O)cc1. The Morgan fingerprint density at radius 3 is 2.25 bits per heavy atom. The van der Waals surface area contributed by atoms with Gasteiger partial charge in [0.25, 0.3) is 0 Å².